The summed E-state index contributed by atoms with van der Waals surface area (Å²) in [6.07, 6.45) is 5.72. The zero-order valence-electron chi connectivity index (χ0n) is 16.8. The van der Waals surface area contributed by atoms with Gasteiger partial charge in [0.05, 0.1) is 16.4 Å². The van der Waals surface area contributed by atoms with Gasteiger partial charge < -0.3 is 14.5 Å². The van der Waals surface area contributed by atoms with Gasteiger partial charge in [-0.3, -0.25) is 9.78 Å². The lowest BCUT2D eigenvalue weighted by Crippen LogP contribution is -2.44. The number of halogens is 2. The van der Waals surface area contributed by atoms with Gasteiger partial charge in [-0.15, -0.1) is 0 Å². The van der Waals surface area contributed by atoms with Crippen LogP contribution in [0.25, 0.3) is 0 Å². The molecule has 0 bridgehead atoms. The van der Waals surface area contributed by atoms with Crippen LogP contribution in [0.2, 0.25) is 10.0 Å². The van der Waals surface area contributed by atoms with E-state index in [1.807, 2.05) is 23.1 Å². The molecule has 1 fully saturated rings. The van der Waals surface area contributed by atoms with E-state index in [4.69, 9.17) is 27.9 Å². The van der Waals surface area contributed by atoms with Gasteiger partial charge in [0.1, 0.15) is 17.1 Å². The van der Waals surface area contributed by atoms with Gasteiger partial charge in [-0.2, -0.15) is 0 Å². The molecule has 2 aromatic carbocycles. The fraction of sp³-hybridized carbons (Fsp3) is 0.250. The second kappa shape index (κ2) is 8.40. The molecule has 0 spiro atoms. The van der Waals surface area contributed by atoms with Crippen LogP contribution in [0.1, 0.15) is 23.2 Å². The summed E-state index contributed by atoms with van der Waals surface area (Å²) in [5, 5.41) is 0.917. The number of amides is 1. The van der Waals surface area contributed by atoms with Crippen molar-refractivity contribution in [2.75, 3.05) is 29.4 Å². The number of carbonyl (C=O) groups excluding carboxylic acids is 1. The van der Waals surface area contributed by atoms with Crippen LogP contribution in [0.4, 0.5) is 11.4 Å². The maximum atomic E-state index is 13.6. The zero-order chi connectivity index (χ0) is 21.4. The standard InChI is InChI=1S/C24H21Cl2N3O2/c25-17-7-8-19(26)23(13-17)31-22-9-10-27-14-18(22)24(30)29-12-11-28(15-16-5-6-16)20-3-1-2-4-21(20)29/h1-4,7-10,13-14,16H,5-6,11-12,15H2. The topological polar surface area (TPSA) is 45.7 Å². The smallest absolute Gasteiger partial charge is 0.263 e. The highest BCUT2D eigenvalue weighted by Crippen LogP contribution is 2.39. The minimum atomic E-state index is -0.153. The first-order chi connectivity index (χ1) is 15.1. The maximum Gasteiger partial charge on any atom is 0.263 e. The maximum absolute atomic E-state index is 13.6. The second-order valence-electron chi connectivity index (χ2n) is 7.88. The van der Waals surface area contributed by atoms with E-state index in [9.17, 15) is 4.79 Å². The molecule has 1 saturated carbocycles. The van der Waals surface area contributed by atoms with Crippen molar-refractivity contribution >= 4 is 40.5 Å². The molecular formula is C24H21Cl2N3O2. The van der Waals surface area contributed by atoms with Gasteiger partial charge in [-0.25, -0.2) is 0 Å². The Kier molecular flexibility index (Phi) is 5.47. The van der Waals surface area contributed by atoms with E-state index in [1.165, 1.54) is 19.0 Å². The van der Waals surface area contributed by atoms with Gasteiger partial charge in [0.2, 0.25) is 0 Å². The monoisotopic (exact) mass is 453 g/mol. The number of anilines is 2. The first-order valence-electron chi connectivity index (χ1n) is 10.3. The van der Waals surface area contributed by atoms with Gasteiger partial charge in [-0.1, -0.05) is 35.3 Å². The summed E-state index contributed by atoms with van der Waals surface area (Å²) in [7, 11) is 0. The van der Waals surface area contributed by atoms with Crippen LogP contribution in [0.5, 0.6) is 11.5 Å². The van der Waals surface area contributed by atoms with Crippen molar-refractivity contribution in [2.24, 2.45) is 5.92 Å². The van der Waals surface area contributed by atoms with Crippen LogP contribution < -0.4 is 14.5 Å². The van der Waals surface area contributed by atoms with Crippen LogP contribution in [-0.2, 0) is 0 Å². The van der Waals surface area contributed by atoms with Crippen LogP contribution in [-0.4, -0.2) is 30.5 Å². The molecule has 158 valence electrons. The van der Waals surface area contributed by atoms with E-state index in [2.05, 4.69) is 16.0 Å². The molecule has 0 atom stereocenters. The summed E-state index contributed by atoms with van der Waals surface area (Å²) in [6, 6.07) is 14.7. The largest absolute Gasteiger partial charge is 0.455 e. The molecule has 2 heterocycles. The molecule has 2 aliphatic rings. The van der Waals surface area contributed by atoms with Crippen molar-refractivity contribution in [3.63, 3.8) is 0 Å². The minimum absolute atomic E-state index is 0.153. The molecule has 0 unspecified atom stereocenters. The number of rotatable bonds is 5. The molecule has 1 aromatic heterocycles. The summed E-state index contributed by atoms with van der Waals surface area (Å²) in [6.45, 7) is 2.46. The van der Waals surface area contributed by atoms with E-state index in [1.54, 1.807) is 30.5 Å². The number of nitrogens with zero attached hydrogens (tertiary/aromatic N) is 3. The number of ether oxygens (including phenoxy) is 1. The molecule has 0 saturated heterocycles. The summed E-state index contributed by atoms with van der Waals surface area (Å²) >= 11 is 12.3. The molecule has 1 aliphatic heterocycles. The Labute approximate surface area is 191 Å². The van der Waals surface area contributed by atoms with Gasteiger partial charge in [0.15, 0.2) is 0 Å². The lowest BCUT2D eigenvalue weighted by molar-refractivity contribution is 0.0984. The number of pyridine rings is 1. The van der Waals surface area contributed by atoms with E-state index in [0.717, 1.165) is 30.4 Å². The minimum Gasteiger partial charge on any atom is -0.455 e. The first kappa shape index (κ1) is 20.2. The summed E-state index contributed by atoms with van der Waals surface area (Å²) in [4.78, 5) is 22.0. The number of para-hydroxylation sites is 2. The van der Waals surface area contributed by atoms with Crippen molar-refractivity contribution in [3.05, 3.63) is 76.5 Å². The van der Waals surface area contributed by atoms with Crippen LogP contribution >= 0.6 is 23.2 Å². The molecule has 3 aromatic rings. The summed E-state index contributed by atoms with van der Waals surface area (Å²) < 4.78 is 5.99. The number of benzene rings is 2. The number of carbonyl (C=O) groups is 1. The number of fused-ring (bicyclic) bond motifs is 1. The van der Waals surface area contributed by atoms with Gasteiger partial charge in [-0.05, 0) is 49.1 Å². The van der Waals surface area contributed by atoms with Crippen molar-refractivity contribution in [1.29, 1.82) is 0 Å². The fourth-order valence-corrected chi connectivity index (χ4v) is 4.20. The number of hydrogen-bond acceptors (Lipinski definition) is 4. The number of aromatic nitrogens is 1. The molecule has 5 nitrogen and oxygen atoms in total. The highest BCUT2D eigenvalue weighted by atomic mass is 35.5. The Morgan fingerprint density at radius 2 is 1.84 bits per heavy atom. The third-order valence-electron chi connectivity index (χ3n) is 5.65. The lowest BCUT2D eigenvalue weighted by atomic mass is 10.1. The Morgan fingerprint density at radius 3 is 2.65 bits per heavy atom. The van der Waals surface area contributed by atoms with Crippen molar-refractivity contribution in [1.82, 2.24) is 4.98 Å². The third kappa shape index (κ3) is 4.21. The fourth-order valence-electron chi connectivity index (χ4n) is 3.88. The van der Waals surface area contributed by atoms with Crippen LogP contribution in [0.15, 0.2) is 60.9 Å². The third-order valence-corrected chi connectivity index (χ3v) is 6.20. The predicted molar refractivity (Wildman–Crippen MR) is 124 cm³/mol. The Morgan fingerprint density at radius 1 is 1.03 bits per heavy atom. The molecule has 1 amide bonds. The van der Waals surface area contributed by atoms with E-state index < -0.39 is 0 Å². The van der Waals surface area contributed by atoms with E-state index in [-0.39, 0.29) is 5.91 Å². The highest BCUT2D eigenvalue weighted by Gasteiger charge is 2.32. The molecule has 31 heavy (non-hydrogen) atoms. The molecule has 0 N–H and O–H groups in total. The van der Waals surface area contributed by atoms with E-state index >= 15 is 0 Å². The predicted octanol–water partition coefficient (Wildman–Crippen LogP) is 6.06. The molecule has 5 rings (SSSR count). The SMILES string of the molecule is O=C(c1cnccc1Oc1cc(Cl)ccc1Cl)N1CCN(CC2CC2)c2ccccc21. The van der Waals surface area contributed by atoms with Crippen LogP contribution in [0.3, 0.4) is 0 Å². The van der Waals surface area contributed by atoms with Crippen molar-refractivity contribution < 1.29 is 9.53 Å². The molecule has 0 radical (unpaired) electrons. The van der Waals surface area contributed by atoms with Crippen molar-refractivity contribution in [2.45, 2.75) is 12.8 Å². The van der Waals surface area contributed by atoms with Gasteiger partial charge in [0, 0.05) is 43.1 Å². The molecule has 7 heteroatoms. The normalized spacial score (nSPS) is 15.5. The lowest BCUT2D eigenvalue weighted by Gasteiger charge is -2.38. The quantitative estimate of drug-likeness (QED) is 0.470. The average molecular weight is 454 g/mol. The second-order valence-corrected chi connectivity index (χ2v) is 8.73. The first-order valence-corrected chi connectivity index (χ1v) is 11.1. The van der Waals surface area contributed by atoms with E-state index in [0.29, 0.717) is 33.7 Å². The van der Waals surface area contributed by atoms with Crippen LogP contribution in [0, 0.1) is 5.92 Å². The van der Waals surface area contributed by atoms with Gasteiger partial charge >= 0.3 is 0 Å². The zero-order valence-corrected chi connectivity index (χ0v) is 18.3. The Balaban J connectivity index is 1.46. The summed E-state index contributed by atoms with van der Waals surface area (Å²) in [5.74, 6) is 1.40. The summed E-state index contributed by atoms with van der Waals surface area (Å²) in [5.41, 5.74) is 2.39. The molecule has 1 aliphatic carbocycles. The Bertz CT molecular complexity index is 1130. The average Bonchev–Trinajstić information content (AvgIpc) is 3.61. The Hall–Kier alpha value is -2.76. The van der Waals surface area contributed by atoms with Gasteiger partial charge in [0.25, 0.3) is 5.91 Å². The molecular weight excluding hydrogens is 433 g/mol. The highest BCUT2D eigenvalue weighted by molar-refractivity contribution is 6.34. The number of hydrogen-bond donors (Lipinski definition) is 0. The van der Waals surface area contributed by atoms with Crippen molar-refractivity contribution in [3.8, 4) is 11.5 Å².